The highest BCUT2D eigenvalue weighted by Gasteiger charge is 2.23. The first kappa shape index (κ1) is 16.8. The van der Waals surface area contributed by atoms with Gasteiger partial charge >= 0.3 is 5.97 Å². The number of halogens is 3. The molecule has 0 aliphatic carbocycles. The van der Waals surface area contributed by atoms with E-state index < -0.39 is 23.7 Å². The van der Waals surface area contributed by atoms with E-state index in [0.717, 1.165) is 6.92 Å². The molecule has 1 heterocycles. The minimum atomic E-state index is -1.66. The standard InChI is InChI=1S/C15H12ClF2N3O2/c1-3-7-12(15(22)23)20-14(21-13(7)19)8-4-5-9(16)10(6(2)17)11(8)18/h3-6H,1H2,2H3,(H,22,23)(H2,19,20,21). The molecule has 0 aliphatic rings. The number of anilines is 1. The lowest BCUT2D eigenvalue weighted by Gasteiger charge is -2.12. The van der Waals surface area contributed by atoms with Crippen molar-refractivity contribution >= 4 is 29.5 Å². The van der Waals surface area contributed by atoms with E-state index in [1.54, 1.807) is 0 Å². The number of benzene rings is 1. The average Bonchev–Trinajstić information content (AvgIpc) is 2.46. The summed E-state index contributed by atoms with van der Waals surface area (Å²) >= 11 is 5.79. The van der Waals surface area contributed by atoms with E-state index in [0.29, 0.717) is 0 Å². The van der Waals surface area contributed by atoms with Crippen LogP contribution in [-0.2, 0) is 0 Å². The molecule has 0 bridgehead atoms. The molecule has 1 aromatic carbocycles. The van der Waals surface area contributed by atoms with E-state index >= 15 is 0 Å². The zero-order valence-electron chi connectivity index (χ0n) is 12.0. The molecule has 0 aliphatic heterocycles. The van der Waals surface area contributed by atoms with Crippen molar-refractivity contribution in [3.63, 3.8) is 0 Å². The number of nitrogen functional groups attached to an aromatic ring is 1. The second-order valence-corrected chi connectivity index (χ2v) is 5.05. The molecule has 0 spiro atoms. The first-order chi connectivity index (χ1) is 10.8. The number of hydrogen-bond donors (Lipinski definition) is 2. The molecule has 3 N–H and O–H groups in total. The van der Waals surface area contributed by atoms with Crippen LogP contribution in [0, 0.1) is 5.82 Å². The molecular weight excluding hydrogens is 328 g/mol. The van der Waals surface area contributed by atoms with Gasteiger partial charge in [0.05, 0.1) is 5.56 Å². The van der Waals surface area contributed by atoms with E-state index in [-0.39, 0.29) is 33.4 Å². The molecule has 2 aromatic rings. The predicted octanol–water partition coefficient (Wildman–Crippen LogP) is 3.89. The van der Waals surface area contributed by atoms with Crippen LogP contribution in [-0.4, -0.2) is 21.0 Å². The number of alkyl halides is 1. The lowest BCUT2D eigenvalue weighted by atomic mass is 10.1. The number of aromatic nitrogens is 2. The first-order valence-electron chi connectivity index (χ1n) is 6.43. The number of rotatable bonds is 4. The zero-order valence-corrected chi connectivity index (χ0v) is 12.7. The van der Waals surface area contributed by atoms with Gasteiger partial charge in [-0.3, -0.25) is 0 Å². The number of aromatic carboxylic acids is 1. The highest BCUT2D eigenvalue weighted by atomic mass is 35.5. The summed E-state index contributed by atoms with van der Waals surface area (Å²) in [5, 5.41) is 9.09. The van der Waals surface area contributed by atoms with Gasteiger partial charge in [0.25, 0.3) is 0 Å². The van der Waals surface area contributed by atoms with Gasteiger partial charge in [-0.1, -0.05) is 24.3 Å². The largest absolute Gasteiger partial charge is 0.476 e. The smallest absolute Gasteiger partial charge is 0.355 e. The highest BCUT2D eigenvalue weighted by molar-refractivity contribution is 6.31. The lowest BCUT2D eigenvalue weighted by Crippen LogP contribution is -2.10. The van der Waals surface area contributed by atoms with E-state index in [2.05, 4.69) is 16.5 Å². The van der Waals surface area contributed by atoms with Crippen molar-refractivity contribution < 1.29 is 18.7 Å². The summed E-state index contributed by atoms with van der Waals surface area (Å²) in [6, 6.07) is 2.52. The van der Waals surface area contributed by atoms with Crippen LogP contribution in [0.1, 0.15) is 34.7 Å². The Hall–Kier alpha value is -2.54. The molecule has 120 valence electrons. The number of nitrogens with zero attached hydrogens (tertiary/aromatic N) is 2. The van der Waals surface area contributed by atoms with Gasteiger partial charge < -0.3 is 10.8 Å². The van der Waals surface area contributed by atoms with Crippen LogP contribution in [0.4, 0.5) is 14.6 Å². The van der Waals surface area contributed by atoms with Crippen LogP contribution in [0.3, 0.4) is 0 Å². The second-order valence-electron chi connectivity index (χ2n) is 4.64. The van der Waals surface area contributed by atoms with Crippen LogP contribution in [0.15, 0.2) is 18.7 Å². The highest BCUT2D eigenvalue weighted by Crippen LogP contribution is 2.34. The molecule has 1 aromatic heterocycles. The van der Waals surface area contributed by atoms with Gasteiger partial charge in [-0.15, -0.1) is 0 Å². The summed E-state index contributed by atoms with van der Waals surface area (Å²) in [4.78, 5) is 18.9. The van der Waals surface area contributed by atoms with Crippen molar-refractivity contribution in [1.82, 2.24) is 9.97 Å². The zero-order chi connectivity index (χ0) is 17.3. The predicted molar refractivity (Wildman–Crippen MR) is 83.4 cm³/mol. The van der Waals surface area contributed by atoms with Crippen LogP contribution >= 0.6 is 11.6 Å². The quantitative estimate of drug-likeness (QED) is 0.882. The number of carboxylic acid groups (broad SMARTS) is 1. The van der Waals surface area contributed by atoms with Crippen molar-refractivity contribution in [1.29, 1.82) is 0 Å². The molecular formula is C15H12ClF2N3O2. The van der Waals surface area contributed by atoms with Gasteiger partial charge in [-0.2, -0.15) is 0 Å². The molecule has 0 saturated carbocycles. The topological polar surface area (TPSA) is 89.1 Å². The Morgan fingerprint density at radius 2 is 2.13 bits per heavy atom. The van der Waals surface area contributed by atoms with Crippen molar-refractivity contribution in [2.45, 2.75) is 13.1 Å². The Bertz CT molecular complexity index is 810. The molecule has 0 fully saturated rings. The van der Waals surface area contributed by atoms with Crippen LogP contribution in [0.5, 0.6) is 0 Å². The number of hydrogen-bond acceptors (Lipinski definition) is 4. The second kappa shape index (κ2) is 6.29. The fraction of sp³-hybridized carbons (Fsp3) is 0.133. The molecule has 8 heteroatoms. The Balaban J connectivity index is 2.76. The minimum Gasteiger partial charge on any atom is -0.476 e. The van der Waals surface area contributed by atoms with Gasteiger partial charge in [0.2, 0.25) is 0 Å². The third kappa shape index (κ3) is 3.00. The fourth-order valence-corrected chi connectivity index (χ4v) is 2.37. The van der Waals surface area contributed by atoms with E-state index in [1.165, 1.54) is 18.2 Å². The van der Waals surface area contributed by atoms with Crippen molar-refractivity contribution in [3.05, 3.63) is 46.4 Å². The number of carboxylic acids is 1. The summed E-state index contributed by atoms with van der Waals surface area (Å²) in [5.74, 6) is -2.79. The molecule has 0 radical (unpaired) electrons. The number of carbonyl (C=O) groups is 1. The molecule has 0 amide bonds. The fourth-order valence-electron chi connectivity index (χ4n) is 2.08. The Labute approximate surface area is 135 Å². The Morgan fingerprint density at radius 1 is 1.48 bits per heavy atom. The van der Waals surface area contributed by atoms with E-state index in [1.807, 2.05) is 0 Å². The van der Waals surface area contributed by atoms with Gasteiger partial charge in [-0.25, -0.2) is 23.5 Å². The minimum absolute atomic E-state index is 0.0229. The van der Waals surface area contributed by atoms with Crippen LogP contribution in [0.25, 0.3) is 17.5 Å². The Kier molecular flexibility index (Phi) is 4.60. The van der Waals surface area contributed by atoms with Crippen LogP contribution < -0.4 is 5.73 Å². The van der Waals surface area contributed by atoms with Gasteiger partial charge in [0, 0.05) is 16.1 Å². The monoisotopic (exact) mass is 339 g/mol. The summed E-state index contributed by atoms with van der Waals surface area (Å²) in [6.45, 7) is 4.57. The van der Waals surface area contributed by atoms with Crippen molar-refractivity contribution in [2.24, 2.45) is 0 Å². The normalized spacial score (nSPS) is 12.0. The van der Waals surface area contributed by atoms with E-state index in [4.69, 9.17) is 17.3 Å². The summed E-state index contributed by atoms with van der Waals surface area (Å²) in [6.07, 6.45) is -0.471. The average molecular weight is 340 g/mol. The lowest BCUT2D eigenvalue weighted by molar-refractivity contribution is 0.0690. The molecule has 1 unspecified atom stereocenters. The van der Waals surface area contributed by atoms with Gasteiger partial charge in [-0.05, 0) is 19.1 Å². The van der Waals surface area contributed by atoms with Crippen LogP contribution in [0.2, 0.25) is 5.02 Å². The molecule has 1 atom stereocenters. The maximum absolute atomic E-state index is 14.5. The third-order valence-electron chi connectivity index (χ3n) is 3.15. The number of nitrogens with two attached hydrogens (primary N) is 1. The first-order valence-corrected chi connectivity index (χ1v) is 6.81. The third-order valence-corrected chi connectivity index (χ3v) is 3.48. The van der Waals surface area contributed by atoms with Gasteiger partial charge in [0.1, 0.15) is 17.8 Å². The van der Waals surface area contributed by atoms with Gasteiger partial charge in [0.15, 0.2) is 11.5 Å². The maximum Gasteiger partial charge on any atom is 0.355 e. The molecule has 5 nitrogen and oxygen atoms in total. The summed E-state index contributed by atoms with van der Waals surface area (Å²) < 4.78 is 28.1. The molecule has 23 heavy (non-hydrogen) atoms. The maximum atomic E-state index is 14.5. The Morgan fingerprint density at radius 3 is 2.65 bits per heavy atom. The summed E-state index contributed by atoms with van der Waals surface area (Å²) in [5.41, 5.74) is 4.73. The van der Waals surface area contributed by atoms with Crippen molar-refractivity contribution in [2.75, 3.05) is 5.73 Å². The SMILES string of the molecule is C=Cc1c(N)nc(-c2ccc(Cl)c(C(C)F)c2F)nc1C(=O)O. The summed E-state index contributed by atoms with van der Waals surface area (Å²) in [7, 11) is 0. The molecule has 0 saturated heterocycles. The molecule has 2 rings (SSSR count). The van der Waals surface area contributed by atoms with Crippen molar-refractivity contribution in [3.8, 4) is 11.4 Å². The van der Waals surface area contributed by atoms with E-state index in [9.17, 15) is 18.7 Å².